The van der Waals surface area contributed by atoms with Gasteiger partial charge in [-0.15, -0.1) is 0 Å². The number of nitrogens with one attached hydrogen (secondary N) is 2. The van der Waals surface area contributed by atoms with E-state index in [9.17, 15) is 18.8 Å². The number of fused-ring (bicyclic) bond motifs is 1. The second kappa shape index (κ2) is 8.05. The molecule has 1 aromatic carbocycles. The number of rotatable bonds is 6. The number of benzene rings is 1. The van der Waals surface area contributed by atoms with Crippen molar-refractivity contribution in [1.29, 1.82) is 0 Å². The number of halogens is 1. The van der Waals surface area contributed by atoms with Gasteiger partial charge in [-0.05, 0) is 31.4 Å². The maximum Gasteiger partial charge on any atom is 0.441 e. The van der Waals surface area contributed by atoms with E-state index in [2.05, 4.69) is 15.6 Å². The Morgan fingerprint density at radius 2 is 2.11 bits per heavy atom. The van der Waals surface area contributed by atoms with Gasteiger partial charge in [0.25, 0.3) is 0 Å². The quantitative estimate of drug-likeness (QED) is 0.770. The van der Waals surface area contributed by atoms with Gasteiger partial charge < -0.3 is 19.8 Å². The molecule has 3 unspecified atom stereocenters. The van der Waals surface area contributed by atoms with Crippen LogP contribution in [0, 0.1) is 11.7 Å². The van der Waals surface area contributed by atoms with E-state index in [0.29, 0.717) is 11.8 Å². The standard InChI is InChI=1S/C19H22FN3O5/c1-9(2)6-13(18(25)22-16-10(3)27-8-14(16)24)21-17-12-5-4-11(20)7-15(12)28-19(26)23-17/h4-5,7,9-10,13,16H,6,8H2,1-3H3,(H,22,25)(H,21,23,26). The average molecular weight is 391 g/mol. The highest BCUT2D eigenvalue weighted by Gasteiger charge is 2.35. The first-order valence-electron chi connectivity index (χ1n) is 9.06. The van der Waals surface area contributed by atoms with Crippen molar-refractivity contribution < 1.29 is 23.1 Å². The lowest BCUT2D eigenvalue weighted by Crippen LogP contribution is -2.50. The minimum absolute atomic E-state index is 0.0270. The smallest absolute Gasteiger partial charge is 0.408 e. The molecular weight excluding hydrogens is 369 g/mol. The van der Waals surface area contributed by atoms with Crippen LogP contribution in [-0.4, -0.2) is 41.5 Å². The zero-order valence-electron chi connectivity index (χ0n) is 15.8. The Balaban J connectivity index is 1.89. The van der Waals surface area contributed by atoms with Crippen LogP contribution >= 0.6 is 0 Å². The summed E-state index contributed by atoms with van der Waals surface area (Å²) in [7, 11) is 0. The number of amides is 1. The fourth-order valence-corrected chi connectivity index (χ4v) is 3.14. The van der Waals surface area contributed by atoms with Crippen LogP contribution in [0.4, 0.5) is 10.2 Å². The fourth-order valence-electron chi connectivity index (χ4n) is 3.14. The Kier molecular flexibility index (Phi) is 5.73. The number of nitrogens with zero attached hydrogens (tertiary/aromatic N) is 1. The lowest BCUT2D eigenvalue weighted by Gasteiger charge is -2.23. The van der Waals surface area contributed by atoms with E-state index in [4.69, 9.17) is 9.15 Å². The number of carbonyl (C=O) groups is 2. The molecule has 2 N–H and O–H groups in total. The van der Waals surface area contributed by atoms with Gasteiger partial charge in [-0.25, -0.2) is 9.18 Å². The molecule has 2 heterocycles. The van der Waals surface area contributed by atoms with Gasteiger partial charge in [0.1, 0.15) is 35.9 Å². The molecule has 8 nitrogen and oxygen atoms in total. The highest BCUT2D eigenvalue weighted by molar-refractivity contribution is 5.95. The van der Waals surface area contributed by atoms with Crippen molar-refractivity contribution in [2.24, 2.45) is 5.92 Å². The zero-order valence-corrected chi connectivity index (χ0v) is 15.8. The van der Waals surface area contributed by atoms with Gasteiger partial charge in [-0.1, -0.05) is 13.8 Å². The normalized spacial score (nSPS) is 20.5. The van der Waals surface area contributed by atoms with Crippen molar-refractivity contribution in [3.63, 3.8) is 0 Å². The molecule has 1 amide bonds. The number of ether oxygens (including phenoxy) is 1. The van der Waals surface area contributed by atoms with E-state index in [1.54, 1.807) is 6.92 Å². The Hall–Kier alpha value is -2.81. The summed E-state index contributed by atoms with van der Waals surface area (Å²) in [6, 6.07) is 2.23. The van der Waals surface area contributed by atoms with E-state index in [0.717, 1.165) is 6.07 Å². The molecule has 1 aliphatic heterocycles. The largest absolute Gasteiger partial charge is 0.441 e. The molecule has 150 valence electrons. The SMILES string of the molecule is CC(C)CC(Nc1nc(=O)oc2cc(F)ccc12)C(=O)NC1C(=O)COC1C. The summed E-state index contributed by atoms with van der Waals surface area (Å²) < 4.78 is 23.6. The molecule has 1 fully saturated rings. The van der Waals surface area contributed by atoms with Crippen LogP contribution in [0.25, 0.3) is 11.0 Å². The summed E-state index contributed by atoms with van der Waals surface area (Å²) in [5.41, 5.74) is 0.0270. The van der Waals surface area contributed by atoms with Crippen LogP contribution in [0.15, 0.2) is 27.4 Å². The lowest BCUT2D eigenvalue weighted by atomic mass is 10.0. The fraction of sp³-hybridized carbons (Fsp3) is 0.474. The monoisotopic (exact) mass is 391 g/mol. The molecule has 1 aromatic heterocycles. The third kappa shape index (κ3) is 4.36. The summed E-state index contributed by atoms with van der Waals surface area (Å²) >= 11 is 0. The molecule has 28 heavy (non-hydrogen) atoms. The van der Waals surface area contributed by atoms with E-state index in [1.165, 1.54) is 12.1 Å². The summed E-state index contributed by atoms with van der Waals surface area (Å²) in [4.78, 5) is 40.3. The number of anilines is 1. The van der Waals surface area contributed by atoms with Crippen molar-refractivity contribution in [2.45, 2.75) is 45.4 Å². The molecule has 2 aromatic rings. The lowest BCUT2D eigenvalue weighted by molar-refractivity contribution is -0.127. The number of ketones is 1. The topological polar surface area (TPSA) is 111 Å². The van der Waals surface area contributed by atoms with Gasteiger partial charge in [-0.3, -0.25) is 9.59 Å². The van der Waals surface area contributed by atoms with E-state index in [1.807, 2.05) is 13.8 Å². The molecule has 1 saturated heterocycles. The molecule has 0 spiro atoms. The number of hydrogen-bond acceptors (Lipinski definition) is 7. The molecule has 0 saturated carbocycles. The van der Waals surface area contributed by atoms with Crippen LogP contribution in [0.2, 0.25) is 0 Å². The first-order chi connectivity index (χ1) is 13.2. The van der Waals surface area contributed by atoms with E-state index in [-0.39, 0.29) is 29.7 Å². The minimum atomic E-state index is -0.905. The summed E-state index contributed by atoms with van der Waals surface area (Å²) in [6.45, 7) is 5.56. The van der Waals surface area contributed by atoms with Crippen LogP contribution in [0.5, 0.6) is 0 Å². The Morgan fingerprint density at radius 1 is 1.36 bits per heavy atom. The number of Topliss-reactive ketones (excluding diaryl/α,β-unsaturated/α-hetero) is 1. The van der Waals surface area contributed by atoms with Gasteiger partial charge in [0.05, 0.1) is 11.5 Å². The van der Waals surface area contributed by atoms with Gasteiger partial charge in [0.15, 0.2) is 5.78 Å². The summed E-state index contributed by atoms with van der Waals surface area (Å²) in [6.07, 6.45) is 0.00824. The van der Waals surface area contributed by atoms with Crippen molar-refractivity contribution in [3.05, 3.63) is 34.6 Å². The first-order valence-corrected chi connectivity index (χ1v) is 9.06. The van der Waals surface area contributed by atoms with Crippen LogP contribution in [0.3, 0.4) is 0 Å². The van der Waals surface area contributed by atoms with Gasteiger partial charge in [0, 0.05) is 6.07 Å². The second-order valence-electron chi connectivity index (χ2n) is 7.26. The van der Waals surface area contributed by atoms with Crippen molar-refractivity contribution in [1.82, 2.24) is 10.3 Å². The molecule has 9 heteroatoms. The number of hydrogen-bond donors (Lipinski definition) is 2. The Labute approximate surface area is 160 Å². The Morgan fingerprint density at radius 3 is 2.75 bits per heavy atom. The van der Waals surface area contributed by atoms with Crippen LogP contribution in [0.1, 0.15) is 27.2 Å². The molecule has 0 bridgehead atoms. The number of carbonyl (C=O) groups excluding carboxylic acids is 2. The Bertz CT molecular complexity index is 958. The van der Waals surface area contributed by atoms with Crippen molar-refractivity contribution >= 4 is 28.5 Å². The van der Waals surface area contributed by atoms with E-state index >= 15 is 0 Å². The summed E-state index contributed by atoms with van der Waals surface area (Å²) in [5, 5.41) is 6.04. The predicted molar refractivity (Wildman–Crippen MR) is 99.5 cm³/mol. The van der Waals surface area contributed by atoms with E-state index < -0.39 is 35.7 Å². The van der Waals surface area contributed by atoms with Crippen molar-refractivity contribution in [3.8, 4) is 0 Å². The second-order valence-corrected chi connectivity index (χ2v) is 7.26. The maximum atomic E-state index is 13.5. The molecule has 0 aliphatic carbocycles. The molecule has 3 rings (SSSR count). The maximum absolute atomic E-state index is 13.5. The van der Waals surface area contributed by atoms with Crippen LogP contribution < -0.4 is 16.4 Å². The highest BCUT2D eigenvalue weighted by Crippen LogP contribution is 2.22. The first kappa shape index (κ1) is 19.9. The molecule has 1 aliphatic rings. The van der Waals surface area contributed by atoms with Crippen LogP contribution in [-0.2, 0) is 14.3 Å². The number of aromatic nitrogens is 1. The molecule has 3 atom stereocenters. The zero-order chi connectivity index (χ0) is 20.4. The van der Waals surface area contributed by atoms with Gasteiger partial charge in [-0.2, -0.15) is 4.98 Å². The highest BCUT2D eigenvalue weighted by atomic mass is 19.1. The molecular formula is C19H22FN3O5. The van der Waals surface area contributed by atoms with Gasteiger partial charge >= 0.3 is 5.76 Å². The van der Waals surface area contributed by atoms with Gasteiger partial charge in [0.2, 0.25) is 5.91 Å². The molecule has 0 radical (unpaired) electrons. The third-order valence-electron chi connectivity index (χ3n) is 4.54. The predicted octanol–water partition coefficient (Wildman–Crippen LogP) is 1.63. The minimum Gasteiger partial charge on any atom is -0.408 e. The van der Waals surface area contributed by atoms with Crippen molar-refractivity contribution in [2.75, 3.05) is 11.9 Å². The summed E-state index contributed by atoms with van der Waals surface area (Å²) in [5.74, 6) is -1.80. The average Bonchev–Trinajstić information content (AvgIpc) is 2.92. The third-order valence-corrected chi connectivity index (χ3v) is 4.54.